The fraction of sp³-hybridized carbons (Fsp3) is 0.0588. The number of halogens is 1. The van der Waals surface area contributed by atoms with Gasteiger partial charge in [0.05, 0.1) is 5.52 Å². The van der Waals surface area contributed by atoms with Gasteiger partial charge in [0.1, 0.15) is 5.52 Å². The molecule has 130 valence electrons. The van der Waals surface area contributed by atoms with Crippen molar-refractivity contribution in [2.24, 2.45) is 7.05 Å². The summed E-state index contributed by atoms with van der Waals surface area (Å²) in [7, 11) is 1.95. The van der Waals surface area contributed by atoms with Crippen LogP contribution in [0.1, 0.15) is 0 Å². The molecular weight excluding hydrogens is 414 g/mol. The summed E-state index contributed by atoms with van der Waals surface area (Å²) in [6.45, 7) is 0. The molecule has 3 N–H and O–H groups in total. The van der Waals surface area contributed by atoms with E-state index < -0.39 is 0 Å². The summed E-state index contributed by atoms with van der Waals surface area (Å²) in [6.07, 6.45) is 0. The van der Waals surface area contributed by atoms with Gasteiger partial charge >= 0.3 is 0 Å². The standard InChI is InChI=1S/C17H14BrN7S/c1-25-13-5-3-2-4-12(13)14-15(25)20-16(22-21-14)23-24-17(26)19-11-8-6-10(18)7-9-11/h2-9H,1H3,(H2,19,24,26)(H,20,22,23). The molecule has 0 atom stereocenters. The van der Waals surface area contributed by atoms with Crippen molar-refractivity contribution in [1.82, 2.24) is 25.2 Å². The van der Waals surface area contributed by atoms with Gasteiger partial charge in [0.15, 0.2) is 10.8 Å². The van der Waals surface area contributed by atoms with Gasteiger partial charge in [-0.2, -0.15) is 4.98 Å². The fourth-order valence-electron chi connectivity index (χ4n) is 2.67. The number of hydrogen-bond acceptors (Lipinski definition) is 5. The molecule has 4 rings (SSSR count). The number of anilines is 2. The number of hydrazine groups is 1. The summed E-state index contributed by atoms with van der Waals surface area (Å²) in [4.78, 5) is 4.52. The van der Waals surface area contributed by atoms with Crippen molar-refractivity contribution in [2.75, 3.05) is 10.7 Å². The molecule has 2 aromatic carbocycles. The summed E-state index contributed by atoms with van der Waals surface area (Å²) < 4.78 is 2.99. The van der Waals surface area contributed by atoms with Gasteiger partial charge in [-0.25, -0.2) is 0 Å². The number of nitrogens with zero attached hydrogens (tertiary/aromatic N) is 4. The number of hydrogen-bond donors (Lipinski definition) is 3. The molecule has 0 aliphatic carbocycles. The van der Waals surface area contributed by atoms with Gasteiger partial charge in [-0.05, 0) is 42.5 Å². The summed E-state index contributed by atoms with van der Waals surface area (Å²) in [5.41, 5.74) is 9.19. The van der Waals surface area contributed by atoms with Crippen LogP contribution in [0.3, 0.4) is 0 Å². The van der Waals surface area contributed by atoms with E-state index in [9.17, 15) is 0 Å². The minimum absolute atomic E-state index is 0.336. The SMILES string of the molecule is Cn1c2ccccc2c2nnc(NNC(=S)Nc3ccc(Br)cc3)nc21. The monoisotopic (exact) mass is 427 g/mol. The minimum Gasteiger partial charge on any atom is -0.331 e. The van der Waals surface area contributed by atoms with E-state index in [0.29, 0.717) is 11.1 Å². The maximum atomic E-state index is 5.26. The molecular formula is C17H14BrN7S. The van der Waals surface area contributed by atoms with Gasteiger partial charge in [0.2, 0.25) is 0 Å². The Morgan fingerprint density at radius 3 is 2.65 bits per heavy atom. The van der Waals surface area contributed by atoms with E-state index >= 15 is 0 Å². The first-order chi connectivity index (χ1) is 12.6. The van der Waals surface area contributed by atoms with Crippen molar-refractivity contribution in [3.63, 3.8) is 0 Å². The molecule has 0 spiro atoms. The first kappa shape index (κ1) is 16.7. The van der Waals surface area contributed by atoms with E-state index in [1.54, 1.807) is 0 Å². The first-order valence-electron chi connectivity index (χ1n) is 7.78. The van der Waals surface area contributed by atoms with E-state index in [1.165, 1.54) is 0 Å². The highest BCUT2D eigenvalue weighted by Crippen LogP contribution is 2.24. The molecule has 0 unspecified atom stereocenters. The molecule has 0 saturated heterocycles. The fourth-order valence-corrected chi connectivity index (χ4v) is 3.10. The van der Waals surface area contributed by atoms with E-state index in [1.807, 2.05) is 60.1 Å². The van der Waals surface area contributed by atoms with Crippen LogP contribution in [0, 0.1) is 0 Å². The second-order valence-corrected chi connectivity index (χ2v) is 6.92. The Hall–Kier alpha value is -2.78. The second kappa shape index (κ2) is 6.85. The van der Waals surface area contributed by atoms with Gasteiger partial charge in [-0.15, -0.1) is 10.2 Å². The molecule has 26 heavy (non-hydrogen) atoms. The van der Waals surface area contributed by atoms with Gasteiger partial charge < -0.3 is 9.88 Å². The molecule has 0 bridgehead atoms. The van der Waals surface area contributed by atoms with Crippen molar-refractivity contribution in [1.29, 1.82) is 0 Å². The highest BCUT2D eigenvalue weighted by Gasteiger charge is 2.12. The van der Waals surface area contributed by atoms with Crippen molar-refractivity contribution >= 4 is 67.0 Å². The quantitative estimate of drug-likeness (QED) is 0.340. The zero-order valence-electron chi connectivity index (χ0n) is 13.7. The maximum absolute atomic E-state index is 5.26. The van der Waals surface area contributed by atoms with Gasteiger partial charge in [-0.3, -0.25) is 10.9 Å². The minimum atomic E-state index is 0.336. The van der Waals surface area contributed by atoms with E-state index in [4.69, 9.17) is 12.2 Å². The lowest BCUT2D eigenvalue weighted by Crippen LogP contribution is -2.34. The Kier molecular flexibility index (Phi) is 4.39. The summed E-state index contributed by atoms with van der Waals surface area (Å²) in [5, 5.41) is 12.9. The lowest BCUT2D eigenvalue weighted by molar-refractivity contribution is 0.934. The third-order valence-corrected chi connectivity index (χ3v) is 4.63. The Morgan fingerprint density at radius 1 is 1.08 bits per heavy atom. The smallest absolute Gasteiger partial charge is 0.263 e. The zero-order chi connectivity index (χ0) is 18.1. The molecule has 0 fully saturated rings. The van der Waals surface area contributed by atoms with Crippen LogP contribution in [0.25, 0.3) is 22.1 Å². The van der Waals surface area contributed by atoms with Crippen LogP contribution < -0.4 is 16.2 Å². The average molecular weight is 428 g/mol. The third kappa shape index (κ3) is 3.18. The number of benzene rings is 2. The summed E-state index contributed by atoms with van der Waals surface area (Å²) >= 11 is 8.66. The number of para-hydroxylation sites is 1. The summed E-state index contributed by atoms with van der Waals surface area (Å²) in [5.74, 6) is 0.336. The molecule has 2 aromatic heterocycles. The van der Waals surface area contributed by atoms with Gasteiger partial charge in [0.25, 0.3) is 5.95 Å². The van der Waals surface area contributed by atoms with Gasteiger partial charge in [0, 0.05) is 22.6 Å². The van der Waals surface area contributed by atoms with Crippen LogP contribution in [-0.4, -0.2) is 24.9 Å². The van der Waals surface area contributed by atoms with Gasteiger partial charge in [-0.1, -0.05) is 34.1 Å². The molecule has 4 aromatic rings. The van der Waals surface area contributed by atoms with Crippen molar-refractivity contribution in [2.45, 2.75) is 0 Å². The molecule has 0 radical (unpaired) electrons. The molecule has 0 aliphatic heterocycles. The lowest BCUT2D eigenvalue weighted by Gasteiger charge is -2.11. The lowest BCUT2D eigenvalue weighted by atomic mass is 10.2. The number of rotatable bonds is 3. The highest BCUT2D eigenvalue weighted by atomic mass is 79.9. The molecule has 2 heterocycles. The summed E-state index contributed by atoms with van der Waals surface area (Å²) in [6, 6.07) is 15.7. The van der Waals surface area contributed by atoms with Crippen LogP contribution in [0.4, 0.5) is 11.6 Å². The van der Waals surface area contributed by atoms with E-state index in [0.717, 1.165) is 32.2 Å². The normalized spacial score (nSPS) is 10.8. The van der Waals surface area contributed by atoms with Crippen molar-refractivity contribution < 1.29 is 0 Å². The van der Waals surface area contributed by atoms with Crippen LogP contribution in [0.5, 0.6) is 0 Å². The highest BCUT2D eigenvalue weighted by molar-refractivity contribution is 9.10. The van der Waals surface area contributed by atoms with Crippen LogP contribution in [-0.2, 0) is 7.05 Å². The van der Waals surface area contributed by atoms with Crippen molar-refractivity contribution in [3.8, 4) is 0 Å². The molecule has 9 heteroatoms. The first-order valence-corrected chi connectivity index (χ1v) is 8.98. The largest absolute Gasteiger partial charge is 0.331 e. The third-order valence-electron chi connectivity index (χ3n) is 3.90. The van der Waals surface area contributed by atoms with E-state index in [-0.39, 0.29) is 0 Å². The average Bonchev–Trinajstić information content (AvgIpc) is 2.94. The predicted octanol–water partition coefficient (Wildman–Crippen LogP) is 3.59. The molecule has 0 saturated carbocycles. The molecule has 0 amide bonds. The van der Waals surface area contributed by atoms with Crippen LogP contribution in [0.15, 0.2) is 53.0 Å². The molecule has 0 aliphatic rings. The maximum Gasteiger partial charge on any atom is 0.263 e. The number of nitrogens with one attached hydrogen (secondary N) is 3. The van der Waals surface area contributed by atoms with E-state index in [2.05, 4.69) is 47.3 Å². The second-order valence-electron chi connectivity index (χ2n) is 5.59. The Morgan fingerprint density at radius 2 is 1.85 bits per heavy atom. The zero-order valence-corrected chi connectivity index (χ0v) is 16.1. The molecule has 7 nitrogen and oxygen atoms in total. The Labute approximate surface area is 162 Å². The number of aromatic nitrogens is 4. The number of thiocarbonyl (C=S) groups is 1. The van der Waals surface area contributed by atoms with Crippen molar-refractivity contribution in [3.05, 3.63) is 53.0 Å². The van der Waals surface area contributed by atoms with Crippen LogP contribution >= 0.6 is 28.1 Å². The topological polar surface area (TPSA) is 79.7 Å². The van der Waals surface area contributed by atoms with Crippen LogP contribution in [0.2, 0.25) is 0 Å². The Bertz CT molecular complexity index is 1110. The predicted molar refractivity (Wildman–Crippen MR) is 111 cm³/mol. The number of fused-ring (bicyclic) bond motifs is 3. The number of aryl methyl sites for hydroxylation is 1. The Balaban J connectivity index is 1.50.